The maximum Gasteiger partial charge on any atom is 0.257 e. The molecule has 0 aliphatic carbocycles. The lowest BCUT2D eigenvalue weighted by atomic mass is 9.88. The van der Waals surface area contributed by atoms with Crippen LogP contribution in [0.5, 0.6) is 0 Å². The fourth-order valence-corrected chi connectivity index (χ4v) is 5.19. The fraction of sp³-hybridized carbons (Fsp3) is 0.258. The standard InChI is InChI=1S/C31H31FN2O2/c1-23-7-11-26(12-8-23)30-21-33(17-24-5-3-2-4-6-24)19-28(30)20-34(31(35)27-15-16-36-22-27)18-25-9-13-29(32)14-10-25/h2-16,22,28,30H,17-21H2,1H3. The van der Waals surface area contributed by atoms with Crippen molar-refractivity contribution in [1.29, 1.82) is 0 Å². The zero-order valence-corrected chi connectivity index (χ0v) is 20.5. The van der Waals surface area contributed by atoms with E-state index in [-0.39, 0.29) is 17.6 Å². The van der Waals surface area contributed by atoms with Crippen molar-refractivity contribution < 1.29 is 13.6 Å². The molecule has 2 atom stereocenters. The van der Waals surface area contributed by atoms with Gasteiger partial charge in [-0.3, -0.25) is 9.69 Å². The molecule has 1 fully saturated rings. The second kappa shape index (κ2) is 10.9. The monoisotopic (exact) mass is 482 g/mol. The first-order valence-corrected chi connectivity index (χ1v) is 12.4. The number of nitrogens with zero attached hydrogens (tertiary/aromatic N) is 2. The molecule has 1 aliphatic rings. The normalized spacial score (nSPS) is 17.8. The largest absolute Gasteiger partial charge is 0.472 e. The first-order chi connectivity index (χ1) is 17.5. The summed E-state index contributed by atoms with van der Waals surface area (Å²) in [5.74, 6) is 0.213. The summed E-state index contributed by atoms with van der Waals surface area (Å²) in [5.41, 5.74) is 5.27. The van der Waals surface area contributed by atoms with Gasteiger partial charge in [0, 0.05) is 38.6 Å². The number of aryl methyl sites for hydroxylation is 1. The highest BCUT2D eigenvalue weighted by Crippen LogP contribution is 2.35. The number of rotatable bonds is 8. The van der Waals surface area contributed by atoms with Gasteiger partial charge in [0.1, 0.15) is 12.1 Å². The molecule has 184 valence electrons. The third-order valence-electron chi connectivity index (χ3n) is 7.07. The molecule has 0 radical (unpaired) electrons. The maximum atomic E-state index is 13.5. The number of furan rings is 1. The SMILES string of the molecule is Cc1ccc(C2CN(Cc3ccccc3)CC2CN(Cc2ccc(F)cc2)C(=O)c2ccoc2)cc1. The molecule has 1 aliphatic heterocycles. The summed E-state index contributed by atoms with van der Waals surface area (Å²) in [4.78, 5) is 17.9. The predicted octanol–water partition coefficient (Wildman–Crippen LogP) is 6.29. The molecule has 0 bridgehead atoms. The minimum Gasteiger partial charge on any atom is -0.472 e. The van der Waals surface area contributed by atoms with Gasteiger partial charge in [0.25, 0.3) is 5.91 Å². The van der Waals surface area contributed by atoms with Gasteiger partial charge in [-0.15, -0.1) is 0 Å². The highest BCUT2D eigenvalue weighted by Gasteiger charge is 2.36. The summed E-state index contributed by atoms with van der Waals surface area (Å²) >= 11 is 0. The second-order valence-corrected chi connectivity index (χ2v) is 9.78. The van der Waals surface area contributed by atoms with Crippen LogP contribution in [0, 0.1) is 18.7 Å². The van der Waals surface area contributed by atoms with Crippen LogP contribution in [0.15, 0.2) is 102 Å². The lowest BCUT2D eigenvalue weighted by Crippen LogP contribution is -2.37. The van der Waals surface area contributed by atoms with Crippen molar-refractivity contribution in [3.8, 4) is 0 Å². The number of carbonyl (C=O) groups excluding carboxylic acids is 1. The van der Waals surface area contributed by atoms with Crippen LogP contribution in [0.25, 0.3) is 0 Å². The van der Waals surface area contributed by atoms with E-state index in [2.05, 4.69) is 60.4 Å². The molecule has 4 aromatic rings. The Morgan fingerprint density at radius 2 is 1.69 bits per heavy atom. The third-order valence-corrected chi connectivity index (χ3v) is 7.07. The minimum atomic E-state index is -0.279. The van der Waals surface area contributed by atoms with Gasteiger partial charge in [-0.05, 0) is 47.7 Å². The first kappa shape index (κ1) is 24.0. The number of halogens is 1. The van der Waals surface area contributed by atoms with E-state index in [0.717, 1.165) is 25.2 Å². The van der Waals surface area contributed by atoms with Crippen molar-refractivity contribution in [2.24, 2.45) is 5.92 Å². The summed E-state index contributed by atoms with van der Waals surface area (Å²) < 4.78 is 18.7. The van der Waals surface area contributed by atoms with Crippen molar-refractivity contribution in [3.63, 3.8) is 0 Å². The molecular formula is C31H31FN2O2. The molecule has 1 saturated heterocycles. The van der Waals surface area contributed by atoms with Crippen LogP contribution in [0.4, 0.5) is 4.39 Å². The summed E-state index contributed by atoms with van der Waals surface area (Å²) in [6.07, 6.45) is 3.02. The lowest BCUT2D eigenvalue weighted by Gasteiger charge is -2.28. The van der Waals surface area contributed by atoms with Crippen LogP contribution in [-0.4, -0.2) is 35.3 Å². The van der Waals surface area contributed by atoms with Gasteiger partial charge < -0.3 is 9.32 Å². The second-order valence-electron chi connectivity index (χ2n) is 9.78. The van der Waals surface area contributed by atoms with E-state index < -0.39 is 0 Å². The Bertz CT molecular complexity index is 1250. The van der Waals surface area contributed by atoms with Gasteiger partial charge in [0.15, 0.2) is 0 Å². The average Bonchev–Trinajstić information content (AvgIpc) is 3.56. The van der Waals surface area contributed by atoms with Gasteiger partial charge in [-0.2, -0.15) is 0 Å². The van der Waals surface area contributed by atoms with Crippen molar-refractivity contribution >= 4 is 5.91 Å². The van der Waals surface area contributed by atoms with Crippen molar-refractivity contribution in [2.75, 3.05) is 19.6 Å². The molecule has 0 saturated carbocycles. The predicted molar refractivity (Wildman–Crippen MR) is 139 cm³/mol. The number of benzene rings is 3. The maximum absolute atomic E-state index is 13.5. The van der Waals surface area contributed by atoms with E-state index in [9.17, 15) is 9.18 Å². The topological polar surface area (TPSA) is 36.7 Å². The van der Waals surface area contributed by atoms with Crippen LogP contribution < -0.4 is 0 Å². The van der Waals surface area contributed by atoms with Gasteiger partial charge in [-0.1, -0.05) is 72.3 Å². The average molecular weight is 483 g/mol. The number of hydrogen-bond acceptors (Lipinski definition) is 3. The number of hydrogen-bond donors (Lipinski definition) is 0. The molecule has 5 heteroatoms. The molecule has 3 aromatic carbocycles. The Morgan fingerprint density at radius 3 is 2.39 bits per heavy atom. The highest BCUT2D eigenvalue weighted by atomic mass is 19.1. The van der Waals surface area contributed by atoms with Crippen LogP contribution >= 0.6 is 0 Å². The molecule has 2 unspecified atom stereocenters. The number of amides is 1. The Kier molecular flexibility index (Phi) is 7.28. The number of carbonyl (C=O) groups is 1. The zero-order valence-electron chi connectivity index (χ0n) is 20.5. The van der Waals surface area contributed by atoms with Crippen molar-refractivity contribution in [3.05, 3.63) is 131 Å². The fourth-order valence-electron chi connectivity index (χ4n) is 5.19. The highest BCUT2D eigenvalue weighted by molar-refractivity contribution is 5.93. The van der Waals surface area contributed by atoms with E-state index in [0.29, 0.717) is 24.6 Å². The van der Waals surface area contributed by atoms with Crippen molar-refractivity contribution in [2.45, 2.75) is 25.9 Å². The summed E-state index contributed by atoms with van der Waals surface area (Å²) in [7, 11) is 0. The van der Waals surface area contributed by atoms with Crippen LogP contribution in [0.1, 0.15) is 38.5 Å². The van der Waals surface area contributed by atoms with Gasteiger partial charge in [0.2, 0.25) is 0 Å². The Balaban J connectivity index is 1.41. The lowest BCUT2D eigenvalue weighted by molar-refractivity contribution is 0.0710. The molecule has 5 rings (SSSR count). The third kappa shape index (κ3) is 5.74. The van der Waals surface area contributed by atoms with Gasteiger partial charge in [0.05, 0.1) is 11.8 Å². The van der Waals surface area contributed by atoms with Crippen LogP contribution in [0.3, 0.4) is 0 Å². The van der Waals surface area contributed by atoms with Gasteiger partial charge >= 0.3 is 0 Å². The molecule has 4 nitrogen and oxygen atoms in total. The van der Waals surface area contributed by atoms with E-state index in [4.69, 9.17) is 4.42 Å². The number of likely N-dealkylation sites (tertiary alicyclic amines) is 1. The first-order valence-electron chi connectivity index (χ1n) is 12.4. The smallest absolute Gasteiger partial charge is 0.257 e. The summed E-state index contributed by atoms with van der Waals surface area (Å²) in [5, 5.41) is 0. The molecule has 0 spiro atoms. The molecular weight excluding hydrogens is 451 g/mol. The van der Waals surface area contributed by atoms with E-state index in [1.165, 1.54) is 41.3 Å². The molecule has 0 N–H and O–H groups in total. The van der Waals surface area contributed by atoms with E-state index >= 15 is 0 Å². The molecule has 36 heavy (non-hydrogen) atoms. The minimum absolute atomic E-state index is 0.0720. The van der Waals surface area contributed by atoms with Crippen LogP contribution in [-0.2, 0) is 13.1 Å². The van der Waals surface area contributed by atoms with Crippen molar-refractivity contribution in [1.82, 2.24) is 9.80 Å². The zero-order chi connectivity index (χ0) is 24.9. The summed E-state index contributed by atoms with van der Waals surface area (Å²) in [6.45, 7) is 5.84. The Morgan fingerprint density at radius 1 is 0.944 bits per heavy atom. The van der Waals surface area contributed by atoms with Gasteiger partial charge in [-0.25, -0.2) is 4.39 Å². The van der Waals surface area contributed by atoms with E-state index in [1.807, 2.05) is 11.0 Å². The molecule has 1 aromatic heterocycles. The Labute approximate surface area is 212 Å². The Hall–Kier alpha value is -3.70. The quantitative estimate of drug-likeness (QED) is 0.296. The molecule has 1 amide bonds. The van der Waals surface area contributed by atoms with E-state index in [1.54, 1.807) is 18.2 Å². The van der Waals surface area contributed by atoms with Crippen LogP contribution in [0.2, 0.25) is 0 Å². The summed E-state index contributed by atoms with van der Waals surface area (Å²) in [6, 6.07) is 27.4. The molecule has 2 heterocycles.